The third kappa shape index (κ3) is 3.20. The fourth-order valence-electron chi connectivity index (χ4n) is 1.72. The first-order chi connectivity index (χ1) is 9.10. The minimum Gasteiger partial charge on any atom is -0.495 e. The maximum absolute atomic E-state index is 5.57. The topological polar surface area (TPSA) is 60.2 Å². The maximum Gasteiger partial charge on any atom is 0.142 e. The zero-order valence-corrected chi connectivity index (χ0v) is 11.6. The van der Waals surface area contributed by atoms with E-state index in [2.05, 4.69) is 10.3 Å². The molecule has 0 radical (unpaired) electrons. The Morgan fingerprint density at radius 3 is 2.79 bits per heavy atom. The van der Waals surface area contributed by atoms with Gasteiger partial charge in [0.05, 0.1) is 18.5 Å². The lowest BCUT2D eigenvalue weighted by Gasteiger charge is -2.12. The highest BCUT2D eigenvalue weighted by molar-refractivity contribution is 7.80. The van der Waals surface area contributed by atoms with E-state index in [-0.39, 0.29) is 4.99 Å². The molecule has 19 heavy (non-hydrogen) atoms. The van der Waals surface area contributed by atoms with Crippen LogP contribution in [0.1, 0.15) is 11.3 Å². The molecule has 2 rings (SSSR count). The van der Waals surface area contributed by atoms with E-state index >= 15 is 0 Å². The number of nitrogens with two attached hydrogens (primary N) is 1. The van der Waals surface area contributed by atoms with Crippen molar-refractivity contribution in [1.29, 1.82) is 0 Å². The summed E-state index contributed by atoms with van der Waals surface area (Å²) in [5.41, 5.74) is 9.06. The second kappa shape index (κ2) is 5.67. The van der Waals surface area contributed by atoms with Gasteiger partial charge in [0.2, 0.25) is 0 Å². The number of rotatable bonds is 4. The average molecular weight is 273 g/mol. The molecule has 5 heteroatoms. The summed E-state index contributed by atoms with van der Waals surface area (Å²) < 4.78 is 5.32. The Labute approximate surface area is 117 Å². The number of hydrogen-bond acceptors (Lipinski definition) is 4. The molecular formula is C14H15N3OS. The van der Waals surface area contributed by atoms with Gasteiger partial charge in [-0.3, -0.25) is 4.98 Å². The van der Waals surface area contributed by atoms with Crippen LogP contribution < -0.4 is 15.8 Å². The van der Waals surface area contributed by atoms with E-state index in [0.29, 0.717) is 5.69 Å². The van der Waals surface area contributed by atoms with Gasteiger partial charge in [-0.25, -0.2) is 0 Å². The van der Waals surface area contributed by atoms with Gasteiger partial charge in [0, 0.05) is 11.9 Å². The van der Waals surface area contributed by atoms with Crippen molar-refractivity contribution in [1.82, 2.24) is 4.98 Å². The van der Waals surface area contributed by atoms with E-state index in [1.54, 1.807) is 13.3 Å². The molecule has 0 fully saturated rings. The summed E-state index contributed by atoms with van der Waals surface area (Å²) >= 11 is 4.92. The number of anilines is 2. The number of methoxy groups -OCH3 is 1. The molecule has 0 saturated carbocycles. The molecule has 0 aliphatic heterocycles. The molecule has 2 aromatic rings. The number of ether oxygens (including phenoxy) is 1. The maximum atomic E-state index is 5.57. The largest absolute Gasteiger partial charge is 0.495 e. The van der Waals surface area contributed by atoms with Gasteiger partial charge in [-0.05, 0) is 36.8 Å². The van der Waals surface area contributed by atoms with Crippen molar-refractivity contribution < 1.29 is 4.74 Å². The predicted molar refractivity (Wildman–Crippen MR) is 81.1 cm³/mol. The molecule has 0 atom stereocenters. The van der Waals surface area contributed by atoms with Crippen LogP contribution in [0.4, 0.5) is 11.4 Å². The number of pyridine rings is 1. The van der Waals surface area contributed by atoms with Crippen molar-refractivity contribution in [3.63, 3.8) is 0 Å². The highest BCUT2D eigenvalue weighted by atomic mass is 32.1. The number of nitrogens with one attached hydrogen (secondary N) is 1. The number of aromatic nitrogens is 1. The second-order valence-electron chi connectivity index (χ2n) is 4.12. The van der Waals surface area contributed by atoms with Gasteiger partial charge < -0.3 is 15.8 Å². The van der Waals surface area contributed by atoms with Gasteiger partial charge in [-0.15, -0.1) is 0 Å². The Morgan fingerprint density at radius 1 is 1.32 bits per heavy atom. The molecule has 0 aliphatic rings. The van der Waals surface area contributed by atoms with Gasteiger partial charge in [-0.1, -0.05) is 18.3 Å². The van der Waals surface area contributed by atoms with Crippen LogP contribution in [-0.2, 0) is 0 Å². The smallest absolute Gasteiger partial charge is 0.142 e. The van der Waals surface area contributed by atoms with E-state index in [1.165, 1.54) is 0 Å². The average Bonchev–Trinajstić information content (AvgIpc) is 2.39. The third-order valence-electron chi connectivity index (χ3n) is 2.65. The Balaban J connectivity index is 2.33. The summed E-state index contributed by atoms with van der Waals surface area (Å²) in [5.74, 6) is 0.777. The zero-order chi connectivity index (χ0) is 13.8. The van der Waals surface area contributed by atoms with Crippen molar-refractivity contribution in [2.24, 2.45) is 5.73 Å². The molecule has 1 aromatic heterocycles. The Hall–Kier alpha value is -2.14. The highest BCUT2D eigenvalue weighted by Crippen LogP contribution is 2.28. The second-order valence-corrected chi connectivity index (χ2v) is 4.56. The standard InChI is InChI=1S/C14H15N3OS/c1-9-3-4-13(18-2)11(7-9)17-10-5-6-16-12(8-10)14(15)19/h3-8H,1-2H3,(H2,15,19)(H,16,17). The normalized spacial score (nSPS) is 10.0. The molecule has 0 aliphatic carbocycles. The molecule has 4 nitrogen and oxygen atoms in total. The van der Waals surface area contributed by atoms with E-state index < -0.39 is 0 Å². The summed E-state index contributed by atoms with van der Waals surface area (Å²) in [6.45, 7) is 2.03. The van der Waals surface area contributed by atoms with Crippen LogP contribution in [-0.4, -0.2) is 17.1 Å². The lowest BCUT2D eigenvalue weighted by Crippen LogP contribution is -2.11. The highest BCUT2D eigenvalue weighted by Gasteiger charge is 2.05. The SMILES string of the molecule is COc1ccc(C)cc1Nc1ccnc(C(N)=S)c1. The molecule has 0 spiro atoms. The first kappa shape index (κ1) is 13.3. The van der Waals surface area contributed by atoms with Crippen molar-refractivity contribution in [3.8, 4) is 5.75 Å². The molecule has 0 unspecified atom stereocenters. The molecule has 0 amide bonds. The molecule has 1 aromatic carbocycles. The van der Waals surface area contributed by atoms with Gasteiger partial charge in [-0.2, -0.15) is 0 Å². The van der Waals surface area contributed by atoms with Gasteiger partial charge in [0.15, 0.2) is 0 Å². The van der Waals surface area contributed by atoms with Crippen LogP contribution in [0, 0.1) is 6.92 Å². The summed E-state index contributed by atoms with van der Waals surface area (Å²) in [4.78, 5) is 4.38. The summed E-state index contributed by atoms with van der Waals surface area (Å²) in [7, 11) is 1.64. The number of thiocarbonyl (C=S) groups is 1. The van der Waals surface area contributed by atoms with Crippen LogP contribution in [0.2, 0.25) is 0 Å². The molecule has 3 N–H and O–H groups in total. The Kier molecular flexibility index (Phi) is 3.97. The summed E-state index contributed by atoms with van der Waals surface area (Å²) in [5, 5.41) is 3.28. The fourth-order valence-corrected chi connectivity index (χ4v) is 1.83. The summed E-state index contributed by atoms with van der Waals surface area (Å²) in [6.07, 6.45) is 1.67. The number of aryl methyl sites for hydroxylation is 1. The molecular weight excluding hydrogens is 258 g/mol. The minimum absolute atomic E-state index is 0.278. The predicted octanol–water partition coefficient (Wildman–Crippen LogP) is 2.78. The van der Waals surface area contributed by atoms with Gasteiger partial charge in [0.25, 0.3) is 0 Å². The van der Waals surface area contributed by atoms with Crippen LogP contribution in [0.15, 0.2) is 36.5 Å². The quantitative estimate of drug-likeness (QED) is 0.839. The fraction of sp³-hybridized carbons (Fsp3) is 0.143. The summed E-state index contributed by atoms with van der Waals surface area (Å²) in [6, 6.07) is 9.59. The van der Waals surface area contributed by atoms with Crippen molar-refractivity contribution in [2.45, 2.75) is 6.92 Å². The Morgan fingerprint density at radius 2 is 2.11 bits per heavy atom. The zero-order valence-electron chi connectivity index (χ0n) is 10.8. The first-order valence-electron chi connectivity index (χ1n) is 5.77. The number of benzene rings is 1. The molecule has 1 heterocycles. The van der Waals surface area contributed by atoms with Crippen molar-refractivity contribution >= 4 is 28.6 Å². The van der Waals surface area contributed by atoms with Crippen molar-refractivity contribution in [3.05, 3.63) is 47.8 Å². The van der Waals surface area contributed by atoms with Crippen molar-refractivity contribution in [2.75, 3.05) is 12.4 Å². The first-order valence-corrected chi connectivity index (χ1v) is 6.18. The minimum atomic E-state index is 0.278. The number of nitrogens with zero attached hydrogens (tertiary/aromatic N) is 1. The van der Waals surface area contributed by atoms with Crippen LogP contribution >= 0.6 is 12.2 Å². The molecule has 0 bridgehead atoms. The monoisotopic (exact) mass is 273 g/mol. The van der Waals surface area contributed by atoms with Crippen LogP contribution in [0.25, 0.3) is 0 Å². The lowest BCUT2D eigenvalue weighted by molar-refractivity contribution is 0.416. The van der Waals surface area contributed by atoms with Gasteiger partial charge >= 0.3 is 0 Å². The van der Waals surface area contributed by atoms with E-state index in [9.17, 15) is 0 Å². The Bertz CT molecular complexity index is 613. The van der Waals surface area contributed by atoms with E-state index in [1.807, 2.05) is 37.3 Å². The molecule has 0 saturated heterocycles. The van der Waals surface area contributed by atoms with Crippen LogP contribution in [0.5, 0.6) is 5.75 Å². The van der Waals surface area contributed by atoms with Crippen LogP contribution in [0.3, 0.4) is 0 Å². The molecule has 98 valence electrons. The third-order valence-corrected chi connectivity index (χ3v) is 2.86. The lowest BCUT2D eigenvalue weighted by atomic mass is 10.2. The van der Waals surface area contributed by atoms with Gasteiger partial charge in [0.1, 0.15) is 10.7 Å². The number of hydrogen-bond donors (Lipinski definition) is 2. The van der Waals surface area contributed by atoms with E-state index in [4.69, 9.17) is 22.7 Å². The van der Waals surface area contributed by atoms with E-state index in [0.717, 1.165) is 22.7 Å².